The van der Waals surface area contributed by atoms with Crippen LogP contribution in [-0.2, 0) is 0 Å². The Labute approximate surface area is 285 Å². The van der Waals surface area contributed by atoms with Crippen molar-refractivity contribution < 1.29 is 0 Å². The van der Waals surface area contributed by atoms with Gasteiger partial charge >= 0.3 is 0 Å². The van der Waals surface area contributed by atoms with Gasteiger partial charge in [-0.05, 0) is 82.8 Å². The Morgan fingerprint density at radius 3 is 1.33 bits per heavy atom. The fourth-order valence-electron chi connectivity index (χ4n) is 6.02. The van der Waals surface area contributed by atoms with Crippen molar-refractivity contribution in [2.75, 3.05) is 0 Å². The van der Waals surface area contributed by atoms with Gasteiger partial charge in [0.25, 0.3) is 0 Å². The molecule has 0 saturated carbocycles. The standard InChI is InChI=1S/C44H31N5/c1-30-25-37(21-24-45-30)31-13-15-32(16-14-31)38-26-39(33-17-19-36(20-18-33)43-46-22-8-23-47-43)28-40(27-38)44-48-41(34-9-4-2-5-10-34)29-42(49-44)35-11-6-3-7-12-35/h2-29H,1H3. The number of benzene rings is 5. The average Bonchev–Trinajstić information content (AvgIpc) is 3.19. The Balaban J connectivity index is 1.27. The number of pyridine rings is 1. The number of rotatable bonds is 7. The SMILES string of the molecule is Cc1cc(-c2ccc(-c3cc(-c4ccc(-c5ncccn5)cc4)cc(-c4nc(-c5ccccc5)cc(-c5ccccc5)n4)c3)cc2)ccn1. The van der Waals surface area contributed by atoms with Crippen molar-refractivity contribution in [1.29, 1.82) is 0 Å². The first kappa shape index (κ1) is 29.8. The Hall–Kier alpha value is -6.59. The van der Waals surface area contributed by atoms with Crippen molar-refractivity contribution in [2.24, 2.45) is 0 Å². The van der Waals surface area contributed by atoms with Crippen LogP contribution in [0.5, 0.6) is 0 Å². The lowest BCUT2D eigenvalue weighted by Crippen LogP contribution is -1.97. The van der Waals surface area contributed by atoms with Crippen LogP contribution in [0.1, 0.15) is 5.69 Å². The van der Waals surface area contributed by atoms with Gasteiger partial charge in [0.05, 0.1) is 11.4 Å². The lowest BCUT2D eigenvalue weighted by Gasteiger charge is -2.13. The summed E-state index contributed by atoms with van der Waals surface area (Å²) in [6, 6.07) is 52.3. The minimum atomic E-state index is 0.668. The van der Waals surface area contributed by atoms with Gasteiger partial charge in [0, 0.05) is 46.5 Å². The van der Waals surface area contributed by atoms with E-state index in [1.165, 1.54) is 0 Å². The van der Waals surface area contributed by atoms with Crippen LogP contribution in [-0.4, -0.2) is 24.9 Å². The molecule has 0 aliphatic heterocycles. The Kier molecular flexibility index (Phi) is 8.06. The summed E-state index contributed by atoms with van der Waals surface area (Å²) in [6.07, 6.45) is 5.39. The second kappa shape index (κ2) is 13.3. The maximum Gasteiger partial charge on any atom is 0.160 e. The van der Waals surface area contributed by atoms with Gasteiger partial charge in [-0.2, -0.15) is 0 Å². The van der Waals surface area contributed by atoms with E-state index in [2.05, 4.69) is 118 Å². The monoisotopic (exact) mass is 629 g/mol. The molecule has 8 rings (SSSR count). The van der Waals surface area contributed by atoms with E-state index in [0.29, 0.717) is 11.6 Å². The molecule has 5 heteroatoms. The third kappa shape index (κ3) is 6.51. The minimum Gasteiger partial charge on any atom is -0.262 e. The van der Waals surface area contributed by atoms with Crippen LogP contribution in [0.25, 0.3) is 78.7 Å². The molecule has 0 aliphatic rings. The van der Waals surface area contributed by atoms with Crippen molar-refractivity contribution in [1.82, 2.24) is 24.9 Å². The fourth-order valence-corrected chi connectivity index (χ4v) is 6.02. The highest BCUT2D eigenvalue weighted by Crippen LogP contribution is 2.35. The van der Waals surface area contributed by atoms with Crippen LogP contribution in [0.4, 0.5) is 0 Å². The predicted octanol–water partition coefficient (Wildman–Crippen LogP) is 10.6. The van der Waals surface area contributed by atoms with E-state index < -0.39 is 0 Å². The van der Waals surface area contributed by atoms with Crippen molar-refractivity contribution in [3.05, 3.63) is 176 Å². The second-order valence-electron chi connectivity index (χ2n) is 11.9. The highest BCUT2D eigenvalue weighted by Gasteiger charge is 2.14. The number of nitrogens with zero attached hydrogens (tertiary/aromatic N) is 5. The third-order valence-electron chi connectivity index (χ3n) is 8.55. The predicted molar refractivity (Wildman–Crippen MR) is 198 cm³/mol. The molecule has 0 radical (unpaired) electrons. The fraction of sp³-hybridized carbons (Fsp3) is 0.0227. The maximum atomic E-state index is 5.15. The molecule has 0 atom stereocenters. The van der Waals surface area contributed by atoms with Crippen molar-refractivity contribution >= 4 is 0 Å². The zero-order valence-corrected chi connectivity index (χ0v) is 26.9. The first-order chi connectivity index (χ1) is 24.2. The molecule has 0 spiro atoms. The van der Waals surface area contributed by atoms with Gasteiger partial charge in [-0.25, -0.2) is 19.9 Å². The molecular formula is C44H31N5. The largest absolute Gasteiger partial charge is 0.262 e. The van der Waals surface area contributed by atoms with Crippen molar-refractivity contribution in [3.63, 3.8) is 0 Å². The summed E-state index contributed by atoms with van der Waals surface area (Å²) in [4.78, 5) is 23.5. The first-order valence-electron chi connectivity index (χ1n) is 16.2. The molecule has 0 bridgehead atoms. The van der Waals surface area contributed by atoms with Gasteiger partial charge in [0.15, 0.2) is 11.6 Å². The lowest BCUT2D eigenvalue weighted by atomic mass is 9.94. The molecule has 0 aliphatic carbocycles. The molecule has 3 aromatic heterocycles. The Morgan fingerprint density at radius 1 is 0.306 bits per heavy atom. The first-order valence-corrected chi connectivity index (χ1v) is 16.2. The molecule has 3 heterocycles. The van der Waals surface area contributed by atoms with Crippen LogP contribution in [0.3, 0.4) is 0 Å². The van der Waals surface area contributed by atoms with Crippen molar-refractivity contribution in [3.8, 4) is 78.7 Å². The number of hydrogen-bond acceptors (Lipinski definition) is 5. The normalized spacial score (nSPS) is 11.0. The quantitative estimate of drug-likeness (QED) is 0.175. The summed E-state index contributed by atoms with van der Waals surface area (Å²) in [7, 11) is 0. The number of aryl methyl sites for hydroxylation is 1. The molecule has 0 unspecified atom stereocenters. The summed E-state index contributed by atoms with van der Waals surface area (Å²) in [5, 5.41) is 0. The summed E-state index contributed by atoms with van der Waals surface area (Å²) in [5.41, 5.74) is 13.4. The zero-order chi connectivity index (χ0) is 33.0. The zero-order valence-electron chi connectivity index (χ0n) is 26.9. The second-order valence-corrected chi connectivity index (χ2v) is 11.9. The molecule has 0 amide bonds. The van der Waals surface area contributed by atoms with E-state index in [0.717, 1.165) is 72.7 Å². The third-order valence-corrected chi connectivity index (χ3v) is 8.55. The van der Waals surface area contributed by atoms with Gasteiger partial charge in [-0.15, -0.1) is 0 Å². The Bertz CT molecular complexity index is 2300. The molecule has 5 aromatic carbocycles. The summed E-state index contributed by atoms with van der Waals surface area (Å²) < 4.78 is 0. The summed E-state index contributed by atoms with van der Waals surface area (Å²) >= 11 is 0. The highest BCUT2D eigenvalue weighted by atomic mass is 14.9. The van der Waals surface area contributed by atoms with E-state index in [4.69, 9.17) is 9.97 Å². The van der Waals surface area contributed by atoms with Gasteiger partial charge in [0.2, 0.25) is 0 Å². The van der Waals surface area contributed by atoms with E-state index in [1.807, 2.05) is 61.7 Å². The number of hydrogen-bond donors (Lipinski definition) is 0. The van der Waals surface area contributed by atoms with E-state index >= 15 is 0 Å². The Morgan fingerprint density at radius 2 is 0.796 bits per heavy atom. The van der Waals surface area contributed by atoms with Gasteiger partial charge in [-0.1, -0.05) is 109 Å². The van der Waals surface area contributed by atoms with Crippen LogP contribution in [0.2, 0.25) is 0 Å². The molecule has 0 fully saturated rings. The van der Waals surface area contributed by atoms with E-state index in [1.54, 1.807) is 12.4 Å². The van der Waals surface area contributed by atoms with E-state index in [9.17, 15) is 0 Å². The smallest absolute Gasteiger partial charge is 0.160 e. The maximum absolute atomic E-state index is 5.15. The molecular weight excluding hydrogens is 599 g/mol. The van der Waals surface area contributed by atoms with Crippen LogP contribution in [0, 0.1) is 6.92 Å². The van der Waals surface area contributed by atoms with Crippen LogP contribution < -0.4 is 0 Å². The molecule has 8 aromatic rings. The van der Waals surface area contributed by atoms with Gasteiger partial charge in [-0.3, -0.25) is 4.98 Å². The van der Waals surface area contributed by atoms with Crippen LogP contribution >= 0.6 is 0 Å². The molecule has 0 saturated heterocycles. The van der Waals surface area contributed by atoms with Gasteiger partial charge < -0.3 is 0 Å². The number of aromatic nitrogens is 5. The molecule has 232 valence electrons. The average molecular weight is 630 g/mol. The minimum absolute atomic E-state index is 0.668. The van der Waals surface area contributed by atoms with Crippen LogP contribution in [0.15, 0.2) is 170 Å². The molecule has 0 N–H and O–H groups in total. The topological polar surface area (TPSA) is 64.5 Å². The van der Waals surface area contributed by atoms with Crippen molar-refractivity contribution in [2.45, 2.75) is 6.92 Å². The van der Waals surface area contributed by atoms with Gasteiger partial charge in [0.1, 0.15) is 0 Å². The molecule has 49 heavy (non-hydrogen) atoms. The van der Waals surface area contributed by atoms with E-state index in [-0.39, 0.29) is 0 Å². The lowest BCUT2D eigenvalue weighted by molar-refractivity contribution is 1.18. The summed E-state index contributed by atoms with van der Waals surface area (Å²) in [6.45, 7) is 2.02. The molecule has 5 nitrogen and oxygen atoms in total. The summed E-state index contributed by atoms with van der Waals surface area (Å²) in [5.74, 6) is 1.37. The highest BCUT2D eigenvalue weighted by molar-refractivity contribution is 5.82.